The molecule has 0 aromatic heterocycles. The number of nitrogens with one attached hydrogen (secondary N) is 1. The molecule has 2 aromatic carbocycles. The number of methoxy groups -OCH3 is 1. The van der Waals surface area contributed by atoms with Gasteiger partial charge in [0, 0.05) is 12.3 Å². The van der Waals surface area contributed by atoms with Gasteiger partial charge >= 0.3 is 18.0 Å². The van der Waals surface area contributed by atoms with Crippen molar-refractivity contribution in [2.45, 2.75) is 31.2 Å². The molecule has 0 aliphatic heterocycles. The van der Waals surface area contributed by atoms with Gasteiger partial charge in [0.2, 0.25) is 0 Å². The molecule has 162 valence electrons. The Morgan fingerprint density at radius 2 is 1.65 bits per heavy atom. The van der Waals surface area contributed by atoms with Gasteiger partial charge < -0.3 is 19.9 Å². The van der Waals surface area contributed by atoms with E-state index in [4.69, 9.17) is 14.6 Å². The largest absolute Gasteiger partial charge is 0.481 e. The van der Waals surface area contributed by atoms with Crippen molar-refractivity contribution in [3.8, 4) is 11.1 Å². The molecular formula is C24H25NO6. The minimum absolute atomic E-state index is 0.000796. The maximum Gasteiger partial charge on any atom is 0.407 e. The lowest BCUT2D eigenvalue weighted by atomic mass is 9.98. The highest BCUT2D eigenvalue weighted by Crippen LogP contribution is 2.44. The van der Waals surface area contributed by atoms with E-state index in [1.807, 2.05) is 36.4 Å². The van der Waals surface area contributed by atoms with Crippen LogP contribution in [0, 0.1) is 0 Å². The third-order valence-electron chi connectivity index (χ3n) is 5.18. The van der Waals surface area contributed by atoms with E-state index in [2.05, 4.69) is 17.4 Å². The number of esters is 1. The fourth-order valence-electron chi connectivity index (χ4n) is 3.70. The molecule has 1 atom stereocenters. The van der Waals surface area contributed by atoms with Crippen molar-refractivity contribution in [3.63, 3.8) is 0 Å². The van der Waals surface area contributed by atoms with E-state index in [1.54, 1.807) is 12.2 Å². The first-order chi connectivity index (χ1) is 15.0. The topological polar surface area (TPSA) is 102 Å². The van der Waals surface area contributed by atoms with Gasteiger partial charge in [0.25, 0.3) is 0 Å². The van der Waals surface area contributed by atoms with E-state index in [1.165, 1.54) is 7.11 Å². The second-order valence-corrected chi connectivity index (χ2v) is 7.19. The van der Waals surface area contributed by atoms with Gasteiger partial charge in [0.05, 0.1) is 7.11 Å². The van der Waals surface area contributed by atoms with Gasteiger partial charge in [0.15, 0.2) is 0 Å². The summed E-state index contributed by atoms with van der Waals surface area (Å²) in [5, 5.41) is 11.2. The summed E-state index contributed by atoms with van der Waals surface area (Å²) in [4.78, 5) is 34.9. The Labute approximate surface area is 180 Å². The van der Waals surface area contributed by atoms with Crippen molar-refractivity contribution < 1.29 is 29.0 Å². The summed E-state index contributed by atoms with van der Waals surface area (Å²) < 4.78 is 10.2. The molecule has 0 unspecified atom stereocenters. The normalized spacial score (nSPS) is 13.3. The summed E-state index contributed by atoms with van der Waals surface area (Å²) in [6.45, 7) is 0.141. The Balaban J connectivity index is 1.60. The fourth-order valence-corrected chi connectivity index (χ4v) is 3.70. The number of fused-ring (bicyclic) bond motifs is 3. The number of ether oxygens (including phenoxy) is 2. The second kappa shape index (κ2) is 10.4. The predicted molar refractivity (Wildman–Crippen MR) is 115 cm³/mol. The van der Waals surface area contributed by atoms with E-state index in [-0.39, 0.29) is 25.4 Å². The standard InChI is InChI=1S/C24H25NO6/c1-30-23(28)21(13-3-2-4-14-22(26)27)25-24(29)31-15-20-18-11-7-5-9-16(18)17-10-6-8-12-19(17)20/h2-3,5-12,20-21H,4,13-15H2,1H3,(H,25,29)(H,26,27)/b3-2+/t21-/m0/s1. The van der Waals surface area contributed by atoms with Crippen LogP contribution in [-0.4, -0.2) is 42.9 Å². The molecule has 1 amide bonds. The number of alkyl carbamates (subject to hydrolysis) is 1. The Kier molecular flexibility index (Phi) is 7.43. The molecule has 0 saturated heterocycles. The molecule has 7 nitrogen and oxygen atoms in total. The molecule has 3 rings (SSSR count). The second-order valence-electron chi connectivity index (χ2n) is 7.19. The quantitative estimate of drug-likeness (QED) is 0.469. The van der Waals surface area contributed by atoms with E-state index in [0.29, 0.717) is 6.42 Å². The van der Waals surface area contributed by atoms with Gasteiger partial charge in [0.1, 0.15) is 12.6 Å². The zero-order chi connectivity index (χ0) is 22.2. The first-order valence-electron chi connectivity index (χ1n) is 10.1. The lowest BCUT2D eigenvalue weighted by Crippen LogP contribution is -2.41. The lowest BCUT2D eigenvalue weighted by Gasteiger charge is -2.17. The maximum absolute atomic E-state index is 12.4. The molecule has 7 heteroatoms. The minimum atomic E-state index is -0.915. The number of benzene rings is 2. The number of hydrogen-bond acceptors (Lipinski definition) is 5. The molecule has 2 N–H and O–H groups in total. The van der Waals surface area contributed by atoms with Crippen LogP contribution in [0.4, 0.5) is 4.79 Å². The molecule has 1 aliphatic carbocycles. The summed E-state index contributed by atoms with van der Waals surface area (Å²) in [7, 11) is 1.24. The molecule has 2 aromatic rings. The van der Waals surface area contributed by atoms with Gasteiger partial charge in [-0.3, -0.25) is 4.79 Å². The zero-order valence-electron chi connectivity index (χ0n) is 17.2. The van der Waals surface area contributed by atoms with E-state index in [9.17, 15) is 14.4 Å². The lowest BCUT2D eigenvalue weighted by molar-refractivity contribution is -0.143. The summed E-state index contributed by atoms with van der Waals surface area (Å²) in [6.07, 6.45) is 3.11. The van der Waals surface area contributed by atoms with Gasteiger partial charge in [-0.25, -0.2) is 9.59 Å². The van der Waals surface area contributed by atoms with Crippen molar-refractivity contribution in [2.24, 2.45) is 0 Å². The van der Waals surface area contributed by atoms with Crippen LogP contribution in [-0.2, 0) is 19.1 Å². The average Bonchev–Trinajstić information content (AvgIpc) is 3.09. The highest BCUT2D eigenvalue weighted by Gasteiger charge is 2.29. The van der Waals surface area contributed by atoms with Crippen molar-refractivity contribution in [1.82, 2.24) is 5.32 Å². The number of hydrogen-bond donors (Lipinski definition) is 2. The molecule has 0 heterocycles. The third-order valence-corrected chi connectivity index (χ3v) is 5.18. The third kappa shape index (κ3) is 5.51. The SMILES string of the molecule is COC(=O)[C@H](C/C=C/CCC(=O)O)NC(=O)OCC1c2ccccc2-c2ccccc21. The Hall–Kier alpha value is -3.61. The summed E-state index contributed by atoms with van der Waals surface area (Å²) in [5.41, 5.74) is 4.46. The summed E-state index contributed by atoms with van der Waals surface area (Å²) in [6, 6.07) is 15.1. The number of aliphatic carboxylic acids is 1. The number of carbonyl (C=O) groups is 3. The molecule has 0 spiro atoms. The fraction of sp³-hybridized carbons (Fsp3) is 0.292. The molecule has 31 heavy (non-hydrogen) atoms. The molecular weight excluding hydrogens is 398 g/mol. The van der Waals surface area contributed by atoms with Crippen molar-refractivity contribution in [2.75, 3.05) is 13.7 Å². The van der Waals surface area contributed by atoms with E-state index in [0.717, 1.165) is 22.3 Å². The van der Waals surface area contributed by atoms with Gasteiger partial charge in [-0.1, -0.05) is 60.7 Å². The highest BCUT2D eigenvalue weighted by molar-refractivity contribution is 5.82. The van der Waals surface area contributed by atoms with Gasteiger partial charge in [-0.05, 0) is 35.1 Å². The van der Waals surface area contributed by atoms with Crippen LogP contribution in [0.2, 0.25) is 0 Å². The van der Waals surface area contributed by atoms with Crippen LogP contribution in [0.3, 0.4) is 0 Å². The number of carboxylic acid groups (broad SMARTS) is 1. The first kappa shape index (κ1) is 22.1. The molecule has 0 bridgehead atoms. The van der Waals surface area contributed by atoms with Crippen LogP contribution in [0.15, 0.2) is 60.7 Å². The Bertz CT molecular complexity index is 938. The number of carboxylic acids is 1. The molecule has 1 aliphatic rings. The minimum Gasteiger partial charge on any atom is -0.481 e. The van der Waals surface area contributed by atoms with Crippen molar-refractivity contribution in [3.05, 3.63) is 71.8 Å². The molecule has 0 fully saturated rings. The number of allylic oxidation sites excluding steroid dienone is 1. The van der Waals surface area contributed by atoms with Crippen molar-refractivity contribution in [1.29, 1.82) is 0 Å². The predicted octanol–water partition coefficient (Wildman–Crippen LogP) is 3.88. The Morgan fingerprint density at radius 3 is 2.23 bits per heavy atom. The van der Waals surface area contributed by atoms with Crippen LogP contribution < -0.4 is 5.32 Å². The van der Waals surface area contributed by atoms with Gasteiger partial charge in [-0.15, -0.1) is 0 Å². The smallest absolute Gasteiger partial charge is 0.407 e. The molecule has 0 saturated carbocycles. The van der Waals surface area contributed by atoms with E-state index < -0.39 is 24.1 Å². The summed E-state index contributed by atoms with van der Waals surface area (Å²) >= 11 is 0. The number of carbonyl (C=O) groups excluding carboxylic acids is 2. The van der Waals surface area contributed by atoms with E-state index >= 15 is 0 Å². The monoisotopic (exact) mass is 423 g/mol. The average molecular weight is 423 g/mol. The van der Waals surface area contributed by atoms with Crippen molar-refractivity contribution >= 4 is 18.0 Å². The molecule has 0 radical (unpaired) electrons. The zero-order valence-corrected chi connectivity index (χ0v) is 17.2. The van der Waals surface area contributed by atoms with Crippen LogP contribution in [0.1, 0.15) is 36.3 Å². The maximum atomic E-state index is 12.4. The number of rotatable bonds is 9. The Morgan fingerprint density at radius 1 is 1.03 bits per heavy atom. The first-order valence-corrected chi connectivity index (χ1v) is 10.1. The van der Waals surface area contributed by atoms with Crippen LogP contribution >= 0.6 is 0 Å². The highest BCUT2D eigenvalue weighted by atomic mass is 16.6. The van der Waals surface area contributed by atoms with Crippen LogP contribution in [0.25, 0.3) is 11.1 Å². The summed E-state index contributed by atoms with van der Waals surface area (Å²) in [5.74, 6) is -1.58. The van der Waals surface area contributed by atoms with Gasteiger partial charge in [-0.2, -0.15) is 0 Å². The number of amides is 1. The van der Waals surface area contributed by atoms with Crippen LogP contribution in [0.5, 0.6) is 0 Å².